The number of ether oxygens (including phenoxy) is 1. The zero-order valence-corrected chi connectivity index (χ0v) is 17.7. The molecule has 0 radical (unpaired) electrons. The summed E-state index contributed by atoms with van der Waals surface area (Å²) in [6.07, 6.45) is 6.54. The first-order valence-corrected chi connectivity index (χ1v) is 10.7. The monoisotopic (exact) mass is 399 g/mol. The third-order valence-corrected chi connectivity index (χ3v) is 6.34. The average molecular weight is 400 g/mol. The molecule has 30 heavy (non-hydrogen) atoms. The van der Waals surface area contributed by atoms with E-state index >= 15 is 0 Å². The Bertz CT molecular complexity index is 966. The standard InChI is InChI=1S/C27H29NO2/c1-27(21-11-5-3-6-12-21,22-13-7-4-8-14-22)25-18-24(30-2)17-20(26(25)29)19-28-23-15-9-10-16-23/h3-8,11-14,17-19,23,29H,9-10,15-16H2,1-2H3. The van der Waals surface area contributed by atoms with Crippen molar-refractivity contribution in [3.05, 3.63) is 95.1 Å². The molecule has 0 atom stereocenters. The van der Waals surface area contributed by atoms with Crippen LogP contribution in [0.4, 0.5) is 0 Å². The Morgan fingerprint density at radius 3 is 2.03 bits per heavy atom. The van der Waals surface area contributed by atoms with Crippen LogP contribution in [0.3, 0.4) is 0 Å². The predicted molar refractivity (Wildman–Crippen MR) is 123 cm³/mol. The zero-order valence-electron chi connectivity index (χ0n) is 17.7. The lowest BCUT2D eigenvalue weighted by molar-refractivity contribution is 0.408. The van der Waals surface area contributed by atoms with E-state index in [1.165, 1.54) is 12.8 Å². The van der Waals surface area contributed by atoms with E-state index in [0.717, 1.165) is 29.5 Å². The van der Waals surface area contributed by atoms with Gasteiger partial charge in [0.05, 0.1) is 7.11 Å². The van der Waals surface area contributed by atoms with Crippen LogP contribution in [-0.2, 0) is 5.41 Å². The minimum absolute atomic E-state index is 0.257. The first-order chi connectivity index (χ1) is 14.6. The van der Waals surface area contributed by atoms with Crippen LogP contribution in [0.5, 0.6) is 11.5 Å². The smallest absolute Gasteiger partial charge is 0.129 e. The van der Waals surface area contributed by atoms with Gasteiger partial charge in [0, 0.05) is 28.8 Å². The van der Waals surface area contributed by atoms with Gasteiger partial charge < -0.3 is 9.84 Å². The molecule has 0 heterocycles. The van der Waals surface area contributed by atoms with E-state index in [9.17, 15) is 5.11 Å². The van der Waals surface area contributed by atoms with Crippen molar-refractivity contribution >= 4 is 6.21 Å². The third-order valence-electron chi connectivity index (χ3n) is 6.34. The maximum absolute atomic E-state index is 11.4. The number of rotatable bonds is 6. The Morgan fingerprint density at radius 2 is 1.50 bits per heavy atom. The molecule has 3 heteroatoms. The largest absolute Gasteiger partial charge is 0.507 e. The second-order valence-corrected chi connectivity index (χ2v) is 8.19. The lowest BCUT2D eigenvalue weighted by atomic mass is 9.70. The molecule has 3 nitrogen and oxygen atoms in total. The Morgan fingerprint density at radius 1 is 0.933 bits per heavy atom. The molecule has 0 bridgehead atoms. The fraction of sp³-hybridized carbons (Fsp3) is 0.296. The van der Waals surface area contributed by atoms with Crippen molar-refractivity contribution in [1.29, 1.82) is 0 Å². The van der Waals surface area contributed by atoms with Crippen LogP contribution in [0.15, 0.2) is 77.8 Å². The van der Waals surface area contributed by atoms with Gasteiger partial charge in [-0.15, -0.1) is 0 Å². The highest BCUT2D eigenvalue weighted by Gasteiger charge is 2.34. The van der Waals surface area contributed by atoms with Crippen molar-refractivity contribution in [3.8, 4) is 11.5 Å². The van der Waals surface area contributed by atoms with Crippen LogP contribution in [0.1, 0.15) is 54.9 Å². The van der Waals surface area contributed by atoms with Gasteiger partial charge in [-0.25, -0.2) is 0 Å². The van der Waals surface area contributed by atoms with Gasteiger partial charge in [-0.1, -0.05) is 73.5 Å². The van der Waals surface area contributed by atoms with Gasteiger partial charge in [-0.3, -0.25) is 4.99 Å². The van der Waals surface area contributed by atoms with Gasteiger partial charge in [0.15, 0.2) is 0 Å². The van der Waals surface area contributed by atoms with E-state index < -0.39 is 5.41 Å². The van der Waals surface area contributed by atoms with Gasteiger partial charge in [0.1, 0.15) is 11.5 Å². The van der Waals surface area contributed by atoms with E-state index in [4.69, 9.17) is 9.73 Å². The number of hydrogen-bond donors (Lipinski definition) is 1. The van der Waals surface area contributed by atoms with Crippen molar-refractivity contribution in [3.63, 3.8) is 0 Å². The summed E-state index contributed by atoms with van der Waals surface area (Å²) in [4.78, 5) is 4.76. The first kappa shape index (κ1) is 20.2. The van der Waals surface area contributed by atoms with E-state index in [1.807, 2.05) is 54.7 Å². The van der Waals surface area contributed by atoms with Gasteiger partial charge in [-0.2, -0.15) is 0 Å². The molecule has 1 aliphatic carbocycles. The van der Waals surface area contributed by atoms with Gasteiger partial charge in [0.25, 0.3) is 0 Å². The van der Waals surface area contributed by atoms with E-state index in [0.29, 0.717) is 17.4 Å². The molecule has 0 amide bonds. The van der Waals surface area contributed by atoms with Gasteiger partial charge in [0.2, 0.25) is 0 Å². The van der Waals surface area contributed by atoms with Gasteiger partial charge >= 0.3 is 0 Å². The highest BCUT2D eigenvalue weighted by Crippen LogP contribution is 2.45. The van der Waals surface area contributed by atoms with E-state index in [-0.39, 0.29) is 5.75 Å². The second-order valence-electron chi connectivity index (χ2n) is 8.19. The second kappa shape index (κ2) is 8.74. The molecule has 1 saturated carbocycles. The number of phenolic OH excluding ortho intramolecular Hbond substituents is 1. The third kappa shape index (κ3) is 3.85. The summed E-state index contributed by atoms with van der Waals surface area (Å²) >= 11 is 0. The minimum atomic E-state index is -0.545. The molecule has 3 aromatic rings. The number of hydrogen-bond acceptors (Lipinski definition) is 3. The Kier molecular flexibility index (Phi) is 5.89. The van der Waals surface area contributed by atoms with Crippen LogP contribution >= 0.6 is 0 Å². The van der Waals surface area contributed by atoms with Crippen LogP contribution in [0.25, 0.3) is 0 Å². The molecule has 1 fully saturated rings. The quantitative estimate of drug-likeness (QED) is 0.401. The van der Waals surface area contributed by atoms with Crippen molar-refractivity contribution in [2.45, 2.75) is 44.1 Å². The maximum atomic E-state index is 11.4. The zero-order chi connectivity index (χ0) is 21.0. The summed E-state index contributed by atoms with van der Waals surface area (Å²) in [5, 5.41) is 11.4. The molecule has 1 aliphatic rings. The molecular formula is C27H29NO2. The number of methoxy groups -OCH3 is 1. The summed E-state index contributed by atoms with van der Waals surface area (Å²) < 4.78 is 5.62. The van der Waals surface area contributed by atoms with Crippen LogP contribution in [0.2, 0.25) is 0 Å². The van der Waals surface area contributed by atoms with Crippen molar-refractivity contribution < 1.29 is 9.84 Å². The fourth-order valence-corrected chi connectivity index (χ4v) is 4.49. The summed E-state index contributed by atoms with van der Waals surface area (Å²) in [5.74, 6) is 0.974. The van der Waals surface area contributed by atoms with Crippen molar-refractivity contribution in [2.75, 3.05) is 7.11 Å². The summed E-state index contributed by atoms with van der Waals surface area (Å²) in [5.41, 5.74) is 3.19. The summed E-state index contributed by atoms with van der Waals surface area (Å²) in [7, 11) is 1.66. The summed E-state index contributed by atoms with van der Waals surface area (Å²) in [6.45, 7) is 2.16. The Hall–Kier alpha value is -3.07. The van der Waals surface area contributed by atoms with Crippen LogP contribution < -0.4 is 4.74 Å². The average Bonchev–Trinajstić information content (AvgIpc) is 3.33. The Balaban J connectivity index is 1.89. The van der Waals surface area contributed by atoms with Gasteiger partial charge in [-0.05, 0) is 43.0 Å². The number of nitrogens with zero attached hydrogens (tertiary/aromatic N) is 1. The molecule has 0 saturated heterocycles. The molecule has 0 spiro atoms. The Labute approximate surface area is 179 Å². The minimum Gasteiger partial charge on any atom is -0.507 e. The molecule has 3 aromatic carbocycles. The van der Waals surface area contributed by atoms with E-state index in [2.05, 4.69) is 31.2 Å². The predicted octanol–water partition coefficient (Wildman–Crippen LogP) is 6.12. The molecule has 0 unspecified atom stereocenters. The number of phenols is 1. The van der Waals surface area contributed by atoms with Crippen LogP contribution in [-0.4, -0.2) is 24.5 Å². The SMILES string of the molecule is COc1cc(C=NC2CCCC2)c(O)c(C(C)(c2ccccc2)c2ccccc2)c1. The molecular weight excluding hydrogens is 370 g/mol. The van der Waals surface area contributed by atoms with E-state index in [1.54, 1.807) is 7.11 Å². The number of aromatic hydroxyl groups is 1. The topological polar surface area (TPSA) is 41.8 Å². The molecule has 4 rings (SSSR count). The maximum Gasteiger partial charge on any atom is 0.129 e. The molecule has 0 aromatic heterocycles. The normalized spacial score (nSPS) is 15.0. The number of aliphatic imine (C=N–C) groups is 1. The van der Waals surface area contributed by atoms with Crippen molar-refractivity contribution in [1.82, 2.24) is 0 Å². The highest BCUT2D eigenvalue weighted by molar-refractivity contribution is 5.86. The summed E-state index contributed by atoms with van der Waals surface area (Å²) in [6, 6.07) is 24.8. The lowest BCUT2D eigenvalue weighted by Crippen LogP contribution is -2.26. The fourth-order valence-electron chi connectivity index (χ4n) is 4.49. The number of benzene rings is 3. The van der Waals surface area contributed by atoms with Crippen molar-refractivity contribution in [2.24, 2.45) is 4.99 Å². The molecule has 0 aliphatic heterocycles. The highest BCUT2D eigenvalue weighted by atomic mass is 16.5. The molecule has 1 N–H and O–H groups in total. The molecule has 154 valence electrons. The van der Waals surface area contributed by atoms with Crippen LogP contribution in [0, 0.1) is 0 Å². The first-order valence-electron chi connectivity index (χ1n) is 10.7. The lowest BCUT2D eigenvalue weighted by Gasteiger charge is -2.33.